The van der Waals surface area contributed by atoms with Crippen molar-refractivity contribution < 1.29 is 0 Å². The van der Waals surface area contributed by atoms with Gasteiger partial charge in [-0.1, -0.05) is 0 Å². The Labute approximate surface area is 94.3 Å². The summed E-state index contributed by atoms with van der Waals surface area (Å²) in [6, 6.07) is 4.19. The summed E-state index contributed by atoms with van der Waals surface area (Å²) < 4.78 is 0. The van der Waals surface area contributed by atoms with Gasteiger partial charge in [-0.15, -0.1) is 0 Å². The number of pyridine rings is 1. The lowest BCUT2D eigenvalue weighted by molar-refractivity contribution is 0.938. The van der Waals surface area contributed by atoms with E-state index in [0.717, 1.165) is 30.0 Å². The van der Waals surface area contributed by atoms with Crippen molar-refractivity contribution in [3.05, 3.63) is 30.7 Å². The minimum atomic E-state index is 1.08. The number of anilines is 1. The van der Waals surface area contributed by atoms with Crippen molar-refractivity contribution in [3.63, 3.8) is 0 Å². The van der Waals surface area contributed by atoms with Crippen LogP contribution in [0.3, 0.4) is 0 Å². The fourth-order valence-corrected chi connectivity index (χ4v) is 2.10. The van der Waals surface area contributed by atoms with Crippen LogP contribution < -0.4 is 4.90 Å². The Morgan fingerprint density at radius 3 is 2.56 bits per heavy atom. The van der Waals surface area contributed by atoms with Gasteiger partial charge in [0.1, 0.15) is 5.82 Å². The van der Waals surface area contributed by atoms with E-state index in [1.165, 1.54) is 12.8 Å². The Balaban J connectivity index is 1.84. The minimum absolute atomic E-state index is 1.08. The number of hydrogen-bond donors (Lipinski definition) is 1. The number of aromatic nitrogens is 3. The molecule has 0 saturated carbocycles. The third kappa shape index (κ3) is 1.66. The summed E-state index contributed by atoms with van der Waals surface area (Å²) in [5, 5.41) is 6.74. The largest absolute Gasteiger partial charge is 0.357 e. The van der Waals surface area contributed by atoms with Crippen molar-refractivity contribution in [1.29, 1.82) is 0 Å². The molecule has 1 fully saturated rings. The highest BCUT2D eigenvalue weighted by Gasteiger charge is 2.13. The van der Waals surface area contributed by atoms with Gasteiger partial charge in [0, 0.05) is 36.6 Å². The lowest BCUT2D eigenvalue weighted by Gasteiger charge is -2.15. The van der Waals surface area contributed by atoms with E-state index < -0.39 is 0 Å². The molecule has 16 heavy (non-hydrogen) atoms. The Kier molecular flexibility index (Phi) is 2.33. The fourth-order valence-electron chi connectivity index (χ4n) is 2.10. The van der Waals surface area contributed by atoms with Crippen molar-refractivity contribution in [2.24, 2.45) is 0 Å². The molecule has 0 aliphatic carbocycles. The second-order valence-electron chi connectivity index (χ2n) is 4.09. The molecule has 82 valence electrons. The van der Waals surface area contributed by atoms with E-state index in [2.05, 4.69) is 32.2 Å². The molecule has 0 atom stereocenters. The molecular formula is C12H14N4. The molecular weight excluding hydrogens is 200 g/mol. The van der Waals surface area contributed by atoms with Crippen LogP contribution in [-0.2, 0) is 0 Å². The maximum Gasteiger partial charge on any atom is 0.128 e. The molecule has 0 bridgehead atoms. The van der Waals surface area contributed by atoms with E-state index in [4.69, 9.17) is 0 Å². The quantitative estimate of drug-likeness (QED) is 0.832. The average Bonchev–Trinajstić information content (AvgIpc) is 3.03. The molecule has 0 aromatic carbocycles. The third-order valence-electron chi connectivity index (χ3n) is 3.01. The summed E-state index contributed by atoms with van der Waals surface area (Å²) in [6.45, 7) is 2.27. The summed E-state index contributed by atoms with van der Waals surface area (Å²) >= 11 is 0. The summed E-state index contributed by atoms with van der Waals surface area (Å²) in [4.78, 5) is 6.83. The zero-order chi connectivity index (χ0) is 10.8. The number of nitrogens with one attached hydrogen (secondary N) is 1. The predicted octanol–water partition coefficient (Wildman–Crippen LogP) is 2.07. The molecule has 0 unspecified atom stereocenters. The summed E-state index contributed by atoms with van der Waals surface area (Å²) in [5.41, 5.74) is 2.19. The second-order valence-corrected chi connectivity index (χ2v) is 4.09. The summed E-state index contributed by atoms with van der Waals surface area (Å²) in [5.74, 6) is 1.09. The lowest BCUT2D eigenvalue weighted by atomic mass is 10.2. The molecule has 2 aromatic rings. The van der Waals surface area contributed by atoms with E-state index in [0.29, 0.717) is 0 Å². The van der Waals surface area contributed by atoms with Crippen LogP contribution >= 0.6 is 0 Å². The van der Waals surface area contributed by atoms with E-state index in [9.17, 15) is 0 Å². The van der Waals surface area contributed by atoms with Gasteiger partial charge >= 0.3 is 0 Å². The predicted molar refractivity (Wildman–Crippen MR) is 63.3 cm³/mol. The number of aromatic amines is 1. The molecule has 1 aliphatic rings. The van der Waals surface area contributed by atoms with Crippen LogP contribution in [-0.4, -0.2) is 28.3 Å². The van der Waals surface area contributed by atoms with Gasteiger partial charge in [-0.2, -0.15) is 5.10 Å². The first kappa shape index (κ1) is 9.39. The number of nitrogens with zero attached hydrogens (tertiary/aromatic N) is 3. The van der Waals surface area contributed by atoms with Gasteiger partial charge in [-0.05, 0) is 25.0 Å². The molecule has 3 rings (SSSR count). The van der Waals surface area contributed by atoms with Crippen LogP contribution in [0.1, 0.15) is 12.8 Å². The molecule has 0 amide bonds. The average molecular weight is 214 g/mol. The Bertz CT molecular complexity index is 440. The van der Waals surface area contributed by atoms with Crippen LogP contribution in [0, 0.1) is 0 Å². The van der Waals surface area contributed by atoms with E-state index in [-0.39, 0.29) is 0 Å². The molecule has 1 N–H and O–H groups in total. The molecule has 0 radical (unpaired) electrons. The lowest BCUT2D eigenvalue weighted by Crippen LogP contribution is -2.18. The van der Waals surface area contributed by atoms with Crippen LogP contribution in [0.4, 0.5) is 5.82 Å². The highest BCUT2D eigenvalue weighted by molar-refractivity contribution is 5.62. The van der Waals surface area contributed by atoms with Crippen molar-refractivity contribution >= 4 is 5.82 Å². The number of H-pyrrole nitrogens is 1. The van der Waals surface area contributed by atoms with Crippen molar-refractivity contribution in [2.45, 2.75) is 12.8 Å². The topological polar surface area (TPSA) is 44.8 Å². The van der Waals surface area contributed by atoms with E-state index in [1.807, 2.05) is 18.6 Å². The highest BCUT2D eigenvalue weighted by Crippen LogP contribution is 2.21. The monoisotopic (exact) mass is 214 g/mol. The molecule has 0 spiro atoms. The van der Waals surface area contributed by atoms with Crippen molar-refractivity contribution in [1.82, 2.24) is 15.2 Å². The minimum Gasteiger partial charge on any atom is -0.357 e. The van der Waals surface area contributed by atoms with E-state index >= 15 is 0 Å². The molecule has 1 saturated heterocycles. The molecule has 1 aliphatic heterocycles. The van der Waals surface area contributed by atoms with Gasteiger partial charge in [-0.25, -0.2) is 4.98 Å². The second kappa shape index (κ2) is 3.96. The Morgan fingerprint density at radius 2 is 1.94 bits per heavy atom. The normalized spacial score (nSPS) is 15.6. The smallest absolute Gasteiger partial charge is 0.128 e. The van der Waals surface area contributed by atoms with Gasteiger partial charge in [0.15, 0.2) is 0 Å². The Hall–Kier alpha value is -1.84. The summed E-state index contributed by atoms with van der Waals surface area (Å²) in [6.07, 6.45) is 8.17. The molecule has 3 heterocycles. The first-order valence-corrected chi connectivity index (χ1v) is 5.64. The maximum atomic E-state index is 4.50. The maximum absolute atomic E-state index is 4.50. The van der Waals surface area contributed by atoms with Crippen LogP contribution in [0.25, 0.3) is 11.1 Å². The van der Waals surface area contributed by atoms with Gasteiger partial charge in [0.05, 0.1) is 6.20 Å². The van der Waals surface area contributed by atoms with Crippen molar-refractivity contribution in [2.75, 3.05) is 18.0 Å². The fraction of sp³-hybridized carbons (Fsp3) is 0.333. The Morgan fingerprint density at radius 1 is 1.06 bits per heavy atom. The van der Waals surface area contributed by atoms with Crippen molar-refractivity contribution in [3.8, 4) is 11.1 Å². The highest BCUT2D eigenvalue weighted by atomic mass is 15.2. The first-order chi connectivity index (χ1) is 7.93. The molecule has 4 nitrogen and oxygen atoms in total. The van der Waals surface area contributed by atoms with Gasteiger partial charge in [0.2, 0.25) is 0 Å². The zero-order valence-corrected chi connectivity index (χ0v) is 9.06. The number of hydrogen-bond acceptors (Lipinski definition) is 3. The van der Waals surface area contributed by atoms with Crippen LogP contribution in [0.15, 0.2) is 30.7 Å². The van der Waals surface area contributed by atoms with E-state index in [1.54, 1.807) is 0 Å². The van der Waals surface area contributed by atoms with Crippen LogP contribution in [0.5, 0.6) is 0 Å². The van der Waals surface area contributed by atoms with Gasteiger partial charge in [-0.3, -0.25) is 5.10 Å². The SMILES string of the molecule is c1cc(N2CCCC2)ncc1-c1cn[nH]c1. The molecule has 2 aromatic heterocycles. The first-order valence-electron chi connectivity index (χ1n) is 5.64. The van der Waals surface area contributed by atoms with Gasteiger partial charge in [0.25, 0.3) is 0 Å². The molecule has 4 heteroatoms. The summed E-state index contributed by atoms with van der Waals surface area (Å²) in [7, 11) is 0. The zero-order valence-electron chi connectivity index (χ0n) is 9.06. The standard InChI is InChI=1S/C12H14N4/c1-2-6-16(5-1)12-4-3-10(7-13-12)11-8-14-15-9-11/h3-4,7-9H,1-2,5-6H2,(H,14,15). The number of rotatable bonds is 2. The van der Waals surface area contributed by atoms with Crippen LogP contribution in [0.2, 0.25) is 0 Å². The van der Waals surface area contributed by atoms with Gasteiger partial charge < -0.3 is 4.90 Å². The third-order valence-corrected chi connectivity index (χ3v) is 3.01.